The molecule has 4 heteroatoms. The van der Waals surface area contributed by atoms with Crippen LogP contribution < -0.4 is 5.32 Å². The first-order valence-corrected chi connectivity index (χ1v) is 5.70. The molecular formula is C13H13ClN2O. The molecule has 0 aliphatic heterocycles. The highest BCUT2D eigenvalue weighted by Crippen LogP contribution is 2.12. The minimum absolute atomic E-state index is 0.0979. The predicted octanol–water partition coefficient (Wildman–Crippen LogP) is 2.77. The fourth-order valence-corrected chi connectivity index (χ4v) is 1.33. The first-order valence-electron chi connectivity index (χ1n) is 5.33. The Labute approximate surface area is 106 Å². The van der Waals surface area contributed by atoms with E-state index in [2.05, 4.69) is 5.32 Å². The molecule has 0 aromatic heterocycles. The van der Waals surface area contributed by atoms with Gasteiger partial charge in [-0.3, -0.25) is 4.79 Å². The van der Waals surface area contributed by atoms with Crippen LogP contribution in [0.25, 0.3) is 6.08 Å². The lowest BCUT2D eigenvalue weighted by Gasteiger charge is -2.01. The van der Waals surface area contributed by atoms with Crippen LogP contribution in [0, 0.1) is 11.3 Å². The summed E-state index contributed by atoms with van der Waals surface area (Å²) in [5, 5.41) is 12.2. The molecule has 0 fully saturated rings. The molecule has 0 aliphatic carbocycles. The zero-order valence-corrected chi connectivity index (χ0v) is 10.3. The number of halogens is 1. The standard InChI is InChI=1S/C13H13ClN2O/c1-2-7-16-13(17)11(9-15)8-10-3-5-12(14)6-4-10/h3-6,8H,2,7H2,1H3,(H,16,17)/b11-8+. The largest absolute Gasteiger partial charge is 0.351 e. The Bertz CT molecular complexity index is 457. The van der Waals surface area contributed by atoms with E-state index in [1.165, 1.54) is 0 Å². The summed E-state index contributed by atoms with van der Waals surface area (Å²) in [5.74, 6) is -0.343. The van der Waals surface area contributed by atoms with Crippen molar-refractivity contribution in [1.29, 1.82) is 5.26 Å². The molecule has 88 valence electrons. The van der Waals surface area contributed by atoms with Gasteiger partial charge in [0.05, 0.1) is 0 Å². The van der Waals surface area contributed by atoms with E-state index in [0.717, 1.165) is 12.0 Å². The Morgan fingerprint density at radius 3 is 2.65 bits per heavy atom. The van der Waals surface area contributed by atoms with Gasteiger partial charge in [0.25, 0.3) is 5.91 Å². The molecule has 0 atom stereocenters. The number of nitriles is 1. The number of benzene rings is 1. The average Bonchev–Trinajstić information content (AvgIpc) is 2.35. The quantitative estimate of drug-likeness (QED) is 0.658. The van der Waals surface area contributed by atoms with Crippen LogP contribution in [0.15, 0.2) is 29.8 Å². The number of hydrogen-bond acceptors (Lipinski definition) is 2. The van der Waals surface area contributed by atoms with Gasteiger partial charge in [0, 0.05) is 11.6 Å². The monoisotopic (exact) mass is 248 g/mol. The summed E-state index contributed by atoms with van der Waals surface area (Å²) >= 11 is 5.75. The Morgan fingerprint density at radius 1 is 1.47 bits per heavy atom. The molecule has 0 saturated carbocycles. The van der Waals surface area contributed by atoms with Crippen molar-refractivity contribution >= 4 is 23.6 Å². The molecule has 17 heavy (non-hydrogen) atoms. The van der Waals surface area contributed by atoms with Crippen molar-refractivity contribution in [3.63, 3.8) is 0 Å². The van der Waals surface area contributed by atoms with Crippen LogP contribution in [-0.4, -0.2) is 12.5 Å². The molecule has 1 aromatic rings. The Morgan fingerprint density at radius 2 is 2.12 bits per heavy atom. The molecule has 1 amide bonds. The van der Waals surface area contributed by atoms with Crippen LogP contribution in [0.2, 0.25) is 5.02 Å². The highest BCUT2D eigenvalue weighted by atomic mass is 35.5. The zero-order chi connectivity index (χ0) is 12.7. The summed E-state index contributed by atoms with van der Waals surface area (Å²) in [6.07, 6.45) is 2.38. The highest BCUT2D eigenvalue weighted by molar-refractivity contribution is 6.30. The van der Waals surface area contributed by atoms with Crippen molar-refractivity contribution in [2.24, 2.45) is 0 Å². The second kappa shape index (κ2) is 6.72. The summed E-state index contributed by atoms with van der Waals surface area (Å²) in [7, 11) is 0. The molecule has 1 aromatic carbocycles. The molecule has 0 saturated heterocycles. The van der Waals surface area contributed by atoms with Gasteiger partial charge in [-0.15, -0.1) is 0 Å². The normalized spacial score (nSPS) is 10.8. The summed E-state index contributed by atoms with van der Waals surface area (Å²) in [6, 6.07) is 8.83. The van der Waals surface area contributed by atoms with E-state index >= 15 is 0 Å². The van der Waals surface area contributed by atoms with Gasteiger partial charge in [0.2, 0.25) is 0 Å². The van der Waals surface area contributed by atoms with Crippen LogP contribution >= 0.6 is 11.6 Å². The van der Waals surface area contributed by atoms with Crippen LogP contribution in [0.3, 0.4) is 0 Å². The van der Waals surface area contributed by atoms with E-state index in [1.807, 2.05) is 13.0 Å². The van der Waals surface area contributed by atoms with Crippen LogP contribution in [0.1, 0.15) is 18.9 Å². The molecule has 0 unspecified atom stereocenters. The molecule has 0 heterocycles. The van der Waals surface area contributed by atoms with Gasteiger partial charge >= 0.3 is 0 Å². The number of nitrogens with zero attached hydrogens (tertiary/aromatic N) is 1. The maximum atomic E-state index is 11.6. The smallest absolute Gasteiger partial charge is 0.261 e. The summed E-state index contributed by atoms with van der Waals surface area (Å²) in [6.45, 7) is 2.52. The second-order valence-electron chi connectivity index (χ2n) is 3.48. The lowest BCUT2D eigenvalue weighted by Crippen LogP contribution is -2.25. The number of rotatable bonds is 4. The van der Waals surface area contributed by atoms with Gasteiger partial charge in [0.15, 0.2) is 0 Å². The van der Waals surface area contributed by atoms with Crippen LogP contribution in [-0.2, 0) is 4.79 Å². The number of carbonyl (C=O) groups excluding carboxylic acids is 1. The van der Waals surface area contributed by atoms with Gasteiger partial charge in [-0.25, -0.2) is 0 Å². The first-order chi connectivity index (χ1) is 8.17. The maximum absolute atomic E-state index is 11.6. The summed E-state index contributed by atoms with van der Waals surface area (Å²) in [5.41, 5.74) is 0.873. The van der Waals surface area contributed by atoms with Gasteiger partial charge in [-0.05, 0) is 30.2 Å². The number of amides is 1. The highest BCUT2D eigenvalue weighted by Gasteiger charge is 2.07. The fourth-order valence-electron chi connectivity index (χ4n) is 1.21. The van der Waals surface area contributed by atoms with Crippen molar-refractivity contribution in [1.82, 2.24) is 5.32 Å². The van der Waals surface area contributed by atoms with Crippen molar-refractivity contribution in [2.45, 2.75) is 13.3 Å². The Hall–Kier alpha value is -1.79. The van der Waals surface area contributed by atoms with Gasteiger partial charge < -0.3 is 5.32 Å². The van der Waals surface area contributed by atoms with Crippen LogP contribution in [0.5, 0.6) is 0 Å². The Balaban J connectivity index is 2.83. The summed E-state index contributed by atoms with van der Waals surface area (Å²) in [4.78, 5) is 11.6. The van der Waals surface area contributed by atoms with E-state index in [9.17, 15) is 4.79 Å². The van der Waals surface area contributed by atoms with Gasteiger partial charge in [-0.2, -0.15) is 5.26 Å². The molecule has 0 aliphatic rings. The van der Waals surface area contributed by atoms with E-state index in [-0.39, 0.29) is 11.5 Å². The van der Waals surface area contributed by atoms with Crippen LogP contribution in [0.4, 0.5) is 0 Å². The third kappa shape index (κ3) is 4.29. The maximum Gasteiger partial charge on any atom is 0.261 e. The fraction of sp³-hybridized carbons (Fsp3) is 0.231. The van der Waals surface area contributed by atoms with E-state index in [4.69, 9.17) is 16.9 Å². The summed E-state index contributed by atoms with van der Waals surface area (Å²) < 4.78 is 0. The average molecular weight is 249 g/mol. The molecule has 3 nitrogen and oxygen atoms in total. The van der Waals surface area contributed by atoms with Gasteiger partial charge in [-0.1, -0.05) is 30.7 Å². The lowest BCUT2D eigenvalue weighted by molar-refractivity contribution is -0.117. The van der Waals surface area contributed by atoms with Crippen molar-refractivity contribution in [2.75, 3.05) is 6.54 Å². The second-order valence-corrected chi connectivity index (χ2v) is 3.91. The molecule has 0 bridgehead atoms. The molecule has 0 spiro atoms. The minimum Gasteiger partial charge on any atom is -0.351 e. The van der Waals surface area contributed by atoms with Gasteiger partial charge in [0.1, 0.15) is 11.6 Å². The Kier molecular flexibility index (Phi) is 5.25. The van der Waals surface area contributed by atoms with Crippen molar-refractivity contribution in [3.8, 4) is 6.07 Å². The zero-order valence-electron chi connectivity index (χ0n) is 9.53. The number of hydrogen-bond donors (Lipinski definition) is 1. The lowest BCUT2D eigenvalue weighted by atomic mass is 10.1. The van der Waals surface area contributed by atoms with E-state index < -0.39 is 0 Å². The molecule has 0 radical (unpaired) electrons. The number of nitrogens with one attached hydrogen (secondary N) is 1. The number of carbonyl (C=O) groups is 1. The SMILES string of the molecule is CCCNC(=O)/C(C#N)=C/c1ccc(Cl)cc1. The predicted molar refractivity (Wildman–Crippen MR) is 68.3 cm³/mol. The molecular weight excluding hydrogens is 236 g/mol. The molecule has 1 N–H and O–H groups in total. The third-order valence-electron chi connectivity index (χ3n) is 2.08. The topological polar surface area (TPSA) is 52.9 Å². The first kappa shape index (κ1) is 13.3. The van der Waals surface area contributed by atoms with Crippen molar-refractivity contribution in [3.05, 3.63) is 40.4 Å². The van der Waals surface area contributed by atoms with Crippen molar-refractivity contribution < 1.29 is 4.79 Å². The van der Waals surface area contributed by atoms with E-state index in [1.54, 1.807) is 30.3 Å². The third-order valence-corrected chi connectivity index (χ3v) is 2.33. The minimum atomic E-state index is -0.343. The molecule has 1 rings (SSSR count). The van der Waals surface area contributed by atoms with E-state index in [0.29, 0.717) is 11.6 Å².